The van der Waals surface area contributed by atoms with Crippen LogP contribution in [0.5, 0.6) is 0 Å². The summed E-state index contributed by atoms with van der Waals surface area (Å²) in [6, 6.07) is 6.31. The van der Waals surface area contributed by atoms with Crippen LogP contribution in [0.2, 0.25) is 0 Å². The van der Waals surface area contributed by atoms with Crippen LogP contribution in [0.1, 0.15) is 31.2 Å². The highest BCUT2D eigenvalue weighted by Gasteiger charge is 2.25. The maximum absolute atomic E-state index is 5.95. The van der Waals surface area contributed by atoms with Crippen molar-refractivity contribution in [3.05, 3.63) is 23.8 Å². The molecule has 1 aromatic rings. The third-order valence-corrected chi connectivity index (χ3v) is 5.46. The number of fused-ring (bicyclic) bond motifs is 1. The van der Waals surface area contributed by atoms with Crippen LogP contribution in [0.4, 0.5) is 11.4 Å². The topological polar surface area (TPSA) is 38.5 Å². The predicted molar refractivity (Wildman–Crippen MR) is 96.8 cm³/mol. The molecule has 2 aliphatic rings. The van der Waals surface area contributed by atoms with E-state index >= 15 is 0 Å². The van der Waals surface area contributed by atoms with Crippen molar-refractivity contribution in [2.75, 3.05) is 63.6 Å². The van der Waals surface area contributed by atoms with Crippen molar-refractivity contribution < 1.29 is 9.22 Å². The monoisotopic (exact) mass is 318 g/mol. The summed E-state index contributed by atoms with van der Waals surface area (Å²) >= 11 is 0. The molecule has 0 radical (unpaired) electrons. The molecule has 0 saturated carbocycles. The van der Waals surface area contributed by atoms with Crippen molar-refractivity contribution in [2.45, 2.75) is 32.1 Å². The lowest BCUT2D eigenvalue weighted by molar-refractivity contribution is -0.897. The molecule has 2 N–H and O–H groups in total. The lowest BCUT2D eigenvalue weighted by Crippen LogP contribution is -2.42. The number of likely N-dealkylation sites (tertiary alicyclic amines) is 1. The van der Waals surface area contributed by atoms with Crippen molar-refractivity contribution in [3.63, 3.8) is 0 Å². The van der Waals surface area contributed by atoms with E-state index in [4.69, 9.17) is 10.5 Å². The Bertz CT molecular complexity index is 511. The second-order valence-corrected chi connectivity index (χ2v) is 7.44. The molecule has 3 rings (SSSR count). The first-order valence-corrected chi connectivity index (χ1v) is 9.21. The summed E-state index contributed by atoms with van der Waals surface area (Å²) in [6.07, 6.45) is 6.37. The molecule has 1 aromatic carbocycles. The van der Waals surface area contributed by atoms with E-state index in [1.165, 1.54) is 67.5 Å². The Labute approximate surface area is 140 Å². The SMILES string of the molecule is C[N+]1(CCCOCCN2CCCc3ccc(N)cc32)CCCC1. The number of hydrogen-bond donors (Lipinski definition) is 1. The van der Waals surface area contributed by atoms with E-state index in [2.05, 4.69) is 24.1 Å². The van der Waals surface area contributed by atoms with Gasteiger partial charge in [-0.2, -0.15) is 0 Å². The van der Waals surface area contributed by atoms with E-state index in [-0.39, 0.29) is 0 Å². The molecule has 2 aliphatic heterocycles. The molecule has 4 nitrogen and oxygen atoms in total. The van der Waals surface area contributed by atoms with Crippen LogP contribution in [0.3, 0.4) is 0 Å². The molecule has 0 bridgehead atoms. The van der Waals surface area contributed by atoms with Gasteiger partial charge in [-0.1, -0.05) is 6.07 Å². The fourth-order valence-electron chi connectivity index (χ4n) is 4.05. The number of ether oxygens (including phenoxy) is 1. The molecule has 0 amide bonds. The summed E-state index contributed by atoms with van der Waals surface area (Å²) in [5.41, 5.74) is 9.55. The number of aryl methyl sites for hydroxylation is 1. The smallest absolute Gasteiger partial charge is 0.0806 e. The molecule has 0 aromatic heterocycles. The Kier molecular flexibility index (Phi) is 5.44. The third kappa shape index (κ3) is 4.39. The zero-order valence-corrected chi connectivity index (χ0v) is 14.6. The van der Waals surface area contributed by atoms with Crippen LogP contribution in [0.15, 0.2) is 18.2 Å². The molecular formula is C19H32N3O+. The maximum atomic E-state index is 5.95. The van der Waals surface area contributed by atoms with Crippen molar-refractivity contribution in [2.24, 2.45) is 0 Å². The second kappa shape index (κ2) is 7.54. The van der Waals surface area contributed by atoms with Crippen LogP contribution in [-0.4, -0.2) is 57.5 Å². The van der Waals surface area contributed by atoms with E-state index in [9.17, 15) is 0 Å². The zero-order valence-electron chi connectivity index (χ0n) is 14.6. The molecular weight excluding hydrogens is 286 g/mol. The fourth-order valence-corrected chi connectivity index (χ4v) is 4.05. The second-order valence-electron chi connectivity index (χ2n) is 7.44. The van der Waals surface area contributed by atoms with Crippen LogP contribution >= 0.6 is 0 Å². The Balaban J connectivity index is 1.37. The summed E-state index contributed by atoms with van der Waals surface area (Å²) in [5, 5.41) is 0. The average Bonchev–Trinajstić information content (AvgIpc) is 2.98. The minimum atomic E-state index is 0.817. The van der Waals surface area contributed by atoms with Gasteiger partial charge in [-0.3, -0.25) is 0 Å². The van der Waals surface area contributed by atoms with E-state index in [1.807, 2.05) is 6.07 Å². The first-order valence-electron chi connectivity index (χ1n) is 9.21. The van der Waals surface area contributed by atoms with Crippen LogP contribution in [-0.2, 0) is 11.2 Å². The number of nitrogen functional groups attached to an aromatic ring is 1. The first-order chi connectivity index (χ1) is 11.2. The summed E-state index contributed by atoms with van der Waals surface area (Å²) in [4.78, 5) is 2.43. The van der Waals surface area contributed by atoms with E-state index < -0.39 is 0 Å². The van der Waals surface area contributed by atoms with Gasteiger partial charge in [0, 0.05) is 43.7 Å². The summed E-state index contributed by atoms with van der Waals surface area (Å²) in [7, 11) is 2.39. The third-order valence-electron chi connectivity index (χ3n) is 5.46. The molecule has 0 atom stereocenters. The van der Waals surface area contributed by atoms with Gasteiger partial charge in [-0.15, -0.1) is 0 Å². The van der Waals surface area contributed by atoms with Gasteiger partial charge in [0.05, 0.1) is 39.9 Å². The molecule has 0 spiro atoms. The lowest BCUT2D eigenvalue weighted by atomic mass is 10.0. The number of anilines is 2. The molecule has 0 aliphatic carbocycles. The Morgan fingerprint density at radius 1 is 1.17 bits per heavy atom. The van der Waals surface area contributed by atoms with Crippen LogP contribution < -0.4 is 10.6 Å². The molecule has 2 heterocycles. The molecule has 1 saturated heterocycles. The van der Waals surface area contributed by atoms with Gasteiger partial charge in [0.15, 0.2) is 0 Å². The quantitative estimate of drug-likeness (QED) is 0.477. The maximum Gasteiger partial charge on any atom is 0.0806 e. The predicted octanol–water partition coefficient (Wildman–Crippen LogP) is 2.67. The summed E-state index contributed by atoms with van der Waals surface area (Å²) < 4.78 is 7.16. The highest BCUT2D eigenvalue weighted by atomic mass is 16.5. The number of hydrogen-bond acceptors (Lipinski definition) is 3. The highest BCUT2D eigenvalue weighted by Crippen LogP contribution is 2.28. The highest BCUT2D eigenvalue weighted by molar-refractivity contribution is 5.62. The molecule has 4 heteroatoms. The standard InChI is InChI=1S/C19H32N3O/c1-22(11-2-3-12-22)13-5-14-23-15-10-21-9-4-6-17-7-8-18(20)16-19(17)21/h7-8,16H,2-6,9-15,20H2,1H3/q+1. The van der Waals surface area contributed by atoms with Crippen molar-refractivity contribution >= 4 is 11.4 Å². The molecule has 1 fully saturated rings. The number of nitrogens with zero attached hydrogens (tertiary/aromatic N) is 2. The van der Waals surface area contributed by atoms with Crippen LogP contribution in [0, 0.1) is 0 Å². The number of nitrogens with two attached hydrogens (primary N) is 1. The molecule has 128 valence electrons. The minimum absolute atomic E-state index is 0.817. The molecule has 0 unspecified atom stereocenters. The zero-order chi connectivity index (χ0) is 16.1. The first kappa shape index (κ1) is 16.6. The van der Waals surface area contributed by atoms with Crippen molar-refractivity contribution in [3.8, 4) is 0 Å². The van der Waals surface area contributed by atoms with Crippen molar-refractivity contribution in [1.82, 2.24) is 0 Å². The summed E-state index contributed by atoms with van der Waals surface area (Å²) in [6.45, 7) is 7.78. The van der Waals surface area contributed by atoms with Gasteiger partial charge in [0.25, 0.3) is 0 Å². The summed E-state index contributed by atoms with van der Waals surface area (Å²) in [5.74, 6) is 0. The van der Waals surface area contributed by atoms with E-state index in [0.29, 0.717) is 0 Å². The van der Waals surface area contributed by atoms with Gasteiger partial charge >= 0.3 is 0 Å². The van der Waals surface area contributed by atoms with Crippen LogP contribution in [0.25, 0.3) is 0 Å². The average molecular weight is 318 g/mol. The number of quaternary nitrogens is 1. The Hall–Kier alpha value is -1.26. The Morgan fingerprint density at radius 3 is 2.83 bits per heavy atom. The lowest BCUT2D eigenvalue weighted by Gasteiger charge is -2.31. The van der Waals surface area contributed by atoms with Crippen molar-refractivity contribution in [1.29, 1.82) is 0 Å². The fraction of sp³-hybridized carbons (Fsp3) is 0.684. The van der Waals surface area contributed by atoms with Gasteiger partial charge in [-0.25, -0.2) is 0 Å². The van der Waals surface area contributed by atoms with E-state index in [1.54, 1.807) is 0 Å². The number of rotatable bonds is 7. The van der Waals surface area contributed by atoms with E-state index in [0.717, 1.165) is 32.0 Å². The Morgan fingerprint density at radius 2 is 2.00 bits per heavy atom. The minimum Gasteiger partial charge on any atom is -0.399 e. The van der Waals surface area contributed by atoms with Gasteiger partial charge in [0.2, 0.25) is 0 Å². The number of benzene rings is 1. The molecule has 23 heavy (non-hydrogen) atoms. The van der Waals surface area contributed by atoms with Gasteiger partial charge in [-0.05, 0) is 30.5 Å². The normalized spacial score (nSPS) is 19.8. The van der Waals surface area contributed by atoms with Gasteiger partial charge < -0.3 is 19.9 Å². The largest absolute Gasteiger partial charge is 0.399 e. The van der Waals surface area contributed by atoms with Gasteiger partial charge in [0.1, 0.15) is 0 Å².